The van der Waals surface area contributed by atoms with Gasteiger partial charge in [-0.25, -0.2) is 0 Å². The van der Waals surface area contributed by atoms with Gasteiger partial charge in [0.15, 0.2) is 0 Å². The highest BCUT2D eigenvalue weighted by Gasteiger charge is 2.32. The molecule has 1 saturated heterocycles. The molecule has 1 N–H and O–H groups in total. The Morgan fingerprint density at radius 1 is 1.32 bits per heavy atom. The molecule has 0 bridgehead atoms. The Balaban J connectivity index is 2.12. The van der Waals surface area contributed by atoms with E-state index in [0.29, 0.717) is 0 Å². The van der Waals surface area contributed by atoms with E-state index < -0.39 is 0 Å². The van der Waals surface area contributed by atoms with Gasteiger partial charge in [-0.15, -0.1) is 0 Å². The molecule has 2 rings (SSSR count). The molecule has 3 nitrogen and oxygen atoms in total. The maximum absolute atomic E-state index is 5.33. The number of rotatable bonds is 4. The molecule has 3 heteroatoms. The molecule has 1 fully saturated rings. The molecule has 0 atom stereocenters. The Hall–Kier alpha value is -1.06. The quantitative estimate of drug-likeness (QED) is 0.900. The number of likely N-dealkylation sites (N-methyl/N-ethyl adjacent to an activating group) is 1. The van der Waals surface area contributed by atoms with Crippen molar-refractivity contribution >= 4 is 0 Å². The first-order valence-corrected chi connectivity index (χ1v) is 7.09. The zero-order chi connectivity index (χ0) is 13.9. The molecule has 1 heterocycles. The highest BCUT2D eigenvalue weighted by molar-refractivity contribution is 5.36. The van der Waals surface area contributed by atoms with Crippen LogP contribution in [-0.4, -0.2) is 44.7 Å². The average Bonchev–Trinajstić information content (AvgIpc) is 2.42. The first kappa shape index (κ1) is 14.4. The van der Waals surface area contributed by atoms with Crippen LogP contribution in [-0.2, 0) is 6.42 Å². The third kappa shape index (κ3) is 3.28. The lowest BCUT2D eigenvalue weighted by atomic mass is 9.82. The van der Waals surface area contributed by atoms with Crippen molar-refractivity contribution in [2.45, 2.75) is 31.7 Å². The van der Waals surface area contributed by atoms with Gasteiger partial charge in [0.05, 0.1) is 7.11 Å². The maximum Gasteiger partial charge on any atom is 0.121 e. The third-order valence-electron chi connectivity index (χ3n) is 4.48. The second-order valence-electron chi connectivity index (χ2n) is 5.81. The Morgan fingerprint density at radius 2 is 2.00 bits per heavy atom. The minimum atomic E-state index is 0.257. The zero-order valence-electron chi connectivity index (χ0n) is 12.6. The molecule has 1 aromatic carbocycles. The lowest BCUT2D eigenvalue weighted by Crippen LogP contribution is -2.52. The number of aryl methyl sites for hydroxylation is 1. The van der Waals surface area contributed by atoms with E-state index in [1.165, 1.54) is 37.1 Å². The lowest BCUT2D eigenvalue weighted by Gasteiger charge is -2.41. The van der Waals surface area contributed by atoms with Gasteiger partial charge in [0.2, 0.25) is 0 Å². The molecule has 1 aliphatic heterocycles. The van der Waals surface area contributed by atoms with Crippen molar-refractivity contribution in [2.75, 3.05) is 34.3 Å². The smallest absolute Gasteiger partial charge is 0.121 e. The van der Waals surface area contributed by atoms with Crippen LogP contribution < -0.4 is 10.1 Å². The number of methoxy groups -OCH3 is 1. The standard InChI is InChI=1S/C16H26N2O/c1-13-11-14(5-6-15(13)19-4)12-16(17-2)7-9-18(3)10-8-16/h5-6,11,17H,7-10,12H2,1-4H3. The summed E-state index contributed by atoms with van der Waals surface area (Å²) in [6.07, 6.45) is 3.53. The minimum absolute atomic E-state index is 0.257. The molecular formula is C16H26N2O. The Kier molecular flexibility index (Phi) is 4.48. The number of nitrogens with zero attached hydrogens (tertiary/aromatic N) is 1. The molecule has 0 unspecified atom stereocenters. The summed E-state index contributed by atoms with van der Waals surface area (Å²) in [6, 6.07) is 6.54. The molecule has 106 valence electrons. The highest BCUT2D eigenvalue weighted by atomic mass is 16.5. The number of piperidine rings is 1. The summed E-state index contributed by atoms with van der Waals surface area (Å²) in [6.45, 7) is 4.47. The first-order chi connectivity index (χ1) is 9.08. The summed E-state index contributed by atoms with van der Waals surface area (Å²) in [5.41, 5.74) is 2.88. The van der Waals surface area contributed by atoms with Crippen LogP contribution in [0.2, 0.25) is 0 Å². The highest BCUT2D eigenvalue weighted by Crippen LogP contribution is 2.27. The van der Waals surface area contributed by atoms with Crippen LogP contribution in [0.1, 0.15) is 24.0 Å². The normalized spacial score (nSPS) is 19.4. The van der Waals surface area contributed by atoms with Crippen molar-refractivity contribution in [3.8, 4) is 5.75 Å². The fraction of sp³-hybridized carbons (Fsp3) is 0.625. The van der Waals surface area contributed by atoms with Gasteiger partial charge < -0.3 is 15.0 Å². The van der Waals surface area contributed by atoms with Crippen LogP contribution in [0.15, 0.2) is 18.2 Å². The minimum Gasteiger partial charge on any atom is -0.496 e. The van der Waals surface area contributed by atoms with Crippen LogP contribution in [0.4, 0.5) is 0 Å². The Labute approximate surface area is 116 Å². The van der Waals surface area contributed by atoms with Gasteiger partial charge in [-0.1, -0.05) is 12.1 Å². The zero-order valence-corrected chi connectivity index (χ0v) is 12.6. The van der Waals surface area contributed by atoms with Gasteiger partial charge in [0.1, 0.15) is 5.75 Å². The monoisotopic (exact) mass is 262 g/mol. The van der Waals surface area contributed by atoms with Crippen LogP contribution >= 0.6 is 0 Å². The molecule has 0 amide bonds. The van der Waals surface area contributed by atoms with E-state index in [2.05, 4.69) is 49.4 Å². The van der Waals surface area contributed by atoms with Crippen molar-refractivity contribution in [3.05, 3.63) is 29.3 Å². The largest absolute Gasteiger partial charge is 0.496 e. The molecule has 0 spiro atoms. The number of likely N-dealkylation sites (tertiary alicyclic amines) is 1. The van der Waals surface area contributed by atoms with Gasteiger partial charge in [-0.05, 0) is 70.6 Å². The van der Waals surface area contributed by atoms with Crippen molar-refractivity contribution in [1.29, 1.82) is 0 Å². The number of nitrogens with one attached hydrogen (secondary N) is 1. The van der Waals surface area contributed by atoms with Crippen molar-refractivity contribution < 1.29 is 4.74 Å². The van der Waals surface area contributed by atoms with E-state index >= 15 is 0 Å². The molecule has 0 saturated carbocycles. The van der Waals surface area contributed by atoms with Crippen LogP contribution in [0.5, 0.6) is 5.75 Å². The average molecular weight is 262 g/mol. The molecule has 0 aromatic heterocycles. The first-order valence-electron chi connectivity index (χ1n) is 7.09. The Bertz CT molecular complexity index is 423. The number of ether oxygens (including phenoxy) is 1. The van der Waals surface area contributed by atoms with Gasteiger partial charge >= 0.3 is 0 Å². The predicted molar refractivity (Wildman–Crippen MR) is 80.0 cm³/mol. The fourth-order valence-electron chi connectivity index (χ4n) is 3.00. The second-order valence-corrected chi connectivity index (χ2v) is 5.81. The van der Waals surface area contributed by atoms with Crippen molar-refractivity contribution in [3.63, 3.8) is 0 Å². The van der Waals surface area contributed by atoms with Gasteiger partial charge in [-0.3, -0.25) is 0 Å². The van der Waals surface area contributed by atoms with E-state index in [-0.39, 0.29) is 5.54 Å². The summed E-state index contributed by atoms with van der Waals surface area (Å²) in [4.78, 5) is 2.41. The summed E-state index contributed by atoms with van der Waals surface area (Å²) in [5.74, 6) is 0.977. The molecule has 0 aliphatic carbocycles. The van der Waals surface area contributed by atoms with E-state index in [1.807, 2.05) is 0 Å². The topological polar surface area (TPSA) is 24.5 Å². The second kappa shape index (κ2) is 5.93. The van der Waals surface area contributed by atoms with Crippen LogP contribution in [0.25, 0.3) is 0 Å². The van der Waals surface area contributed by atoms with Crippen LogP contribution in [0, 0.1) is 6.92 Å². The summed E-state index contributed by atoms with van der Waals surface area (Å²) in [7, 11) is 6.03. The fourth-order valence-corrected chi connectivity index (χ4v) is 3.00. The van der Waals surface area contributed by atoms with E-state index in [1.54, 1.807) is 7.11 Å². The van der Waals surface area contributed by atoms with E-state index in [0.717, 1.165) is 12.2 Å². The van der Waals surface area contributed by atoms with Crippen LogP contribution in [0.3, 0.4) is 0 Å². The van der Waals surface area contributed by atoms with Gasteiger partial charge in [0.25, 0.3) is 0 Å². The number of hydrogen-bond acceptors (Lipinski definition) is 3. The van der Waals surface area contributed by atoms with Gasteiger partial charge in [-0.2, -0.15) is 0 Å². The van der Waals surface area contributed by atoms with E-state index in [9.17, 15) is 0 Å². The molecule has 1 aliphatic rings. The van der Waals surface area contributed by atoms with Crippen molar-refractivity contribution in [1.82, 2.24) is 10.2 Å². The summed E-state index contributed by atoms with van der Waals surface area (Å²) < 4.78 is 5.33. The predicted octanol–water partition coefficient (Wildman–Crippen LogP) is 2.23. The molecule has 19 heavy (non-hydrogen) atoms. The number of benzene rings is 1. The van der Waals surface area contributed by atoms with Crippen molar-refractivity contribution in [2.24, 2.45) is 0 Å². The molecule has 1 aromatic rings. The SMILES string of the molecule is CNC1(Cc2ccc(OC)c(C)c2)CCN(C)CC1. The third-order valence-corrected chi connectivity index (χ3v) is 4.48. The van der Waals surface area contributed by atoms with E-state index in [4.69, 9.17) is 4.74 Å². The Morgan fingerprint density at radius 3 is 2.53 bits per heavy atom. The lowest BCUT2D eigenvalue weighted by molar-refractivity contribution is 0.163. The number of hydrogen-bond donors (Lipinski definition) is 1. The summed E-state index contributed by atoms with van der Waals surface area (Å²) >= 11 is 0. The summed E-state index contributed by atoms with van der Waals surface area (Å²) in [5, 5.41) is 3.58. The van der Waals surface area contributed by atoms with Gasteiger partial charge in [0, 0.05) is 5.54 Å². The molecular weight excluding hydrogens is 236 g/mol. The maximum atomic E-state index is 5.33. The molecule has 0 radical (unpaired) electrons.